The van der Waals surface area contributed by atoms with Crippen molar-refractivity contribution in [2.75, 3.05) is 0 Å². The third-order valence-electron chi connectivity index (χ3n) is 2.37. The van der Waals surface area contributed by atoms with Crippen LogP contribution in [0.5, 0.6) is 5.75 Å². The average molecular weight is 277 g/mol. The van der Waals surface area contributed by atoms with Gasteiger partial charge < -0.3 is 4.74 Å². The van der Waals surface area contributed by atoms with Gasteiger partial charge >= 0.3 is 0 Å². The minimum absolute atomic E-state index is 0.0313. The van der Waals surface area contributed by atoms with Crippen LogP contribution in [0.1, 0.15) is 25.8 Å². The van der Waals surface area contributed by atoms with Crippen molar-refractivity contribution in [3.63, 3.8) is 0 Å². The van der Waals surface area contributed by atoms with E-state index in [1.54, 1.807) is 26.0 Å². The van der Waals surface area contributed by atoms with E-state index in [1.165, 1.54) is 6.07 Å². The highest BCUT2D eigenvalue weighted by molar-refractivity contribution is 9.10. The van der Waals surface area contributed by atoms with E-state index in [0.29, 0.717) is 4.47 Å². The molecule has 4 heteroatoms. The molecule has 1 heterocycles. The molecule has 1 nitrogen and oxygen atoms in total. The van der Waals surface area contributed by atoms with E-state index in [2.05, 4.69) is 15.9 Å². The predicted octanol–water partition coefficient (Wildman–Crippen LogP) is 4.10. The molecule has 0 saturated heterocycles. The van der Waals surface area contributed by atoms with Crippen molar-refractivity contribution in [1.82, 2.24) is 0 Å². The highest BCUT2D eigenvalue weighted by Gasteiger charge is 2.46. The lowest BCUT2D eigenvalue weighted by Gasteiger charge is -2.37. The van der Waals surface area contributed by atoms with Crippen molar-refractivity contribution in [2.45, 2.75) is 31.8 Å². The fourth-order valence-electron chi connectivity index (χ4n) is 1.84. The Labute approximate surface area is 95.6 Å². The Bertz CT molecular complexity index is 402. The van der Waals surface area contributed by atoms with Gasteiger partial charge in [0.2, 0.25) is 0 Å². The summed E-state index contributed by atoms with van der Waals surface area (Å²) in [4.78, 5) is 0. The molecule has 0 fully saturated rings. The number of ether oxygens (including phenoxy) is 1. The molecule has 0 aliphatic carbocycles. The Morgan fingerprint density at radius 2 is 2.00 bits per heavy atom. The molecular weight excluding hydrogens is 266 g/mol. The minimum atomic E-state index is -2.82. The topological polar surface area (TPSA) is 9.23 Å². The maximum absolute atomic E-state index is 13.8. The number of benzene rings is 1. The van der Waals surface area contributed by atoms with Crippen LogP contribution in [0.2, 0.25) is 0 Å². The second kappa shape index (κ2) is 3.17. The van der Waals surface area contributed by atoms with Gasteiger partial charge in [-0.2, -0.15) is 0 Å². The number of hydrogen-bond donors (Lipinski definition) is 0. The zero-order chi connectivity index (χ0) is 11.3. The Morgan fingerprint density at radius 1 is 1.33 bits per heavy atom. The SMILES string of the molecule is CC1(C)CC(F)(F)c2cc(Br)ccc2O1. The van der Waals surface area contributed by atoms with Gasteiger partial charge in [0, 0.05) is 4.47 Å². The second-order valence-corrected chi connectivity index (χ2v) is 5.30. The zero-order valence-electron chi connectivity index (χ0n) is 8.48. The maximum Gasteiger partial charge on any atom is 0.280 e. The molecule has 0 radical (unpaired) electrons. The van der Waals surface area contributed by atoms with Crippen LogP contribution in [-0.2, 0) is 5.92 Å². The summed E-state index contributed by atoms with van der Waals surface area (Å²) in [6.07, 6.45) is -0.288. The van der Waals surface area contributed by atoms with Gasteiger partial charge in [-0.15, -0.1) is 0 Å². The van der Waals surface area contributed by atoms with Crippen LogP contribution in [0, 0.1) is 0 Å². The molecule has 2 rings (SSSR count). The van der Waals surface area contributed by atoms with E-state index in [-0.39, 0.29) is 17.7 Å². The van der Waals surface area contributed by atoms with E-state index in [1.807, 2.05) is 0 Å². The van der Waals surface area contributed by atoms with E-state index < -0.39 is 11.5 Å². The summed E-state index contributed by atoms with van der Waals surface area (Å²) in [6.45, 7) is 3.35. The first-order valence-electron chi connectivity index (χ1n) is 4.67. The number of fused-ring (bicyclic) bond motifs is 1. The lowest BCUT2D eigenvalue weighted by Crippen LogP contribution is -2.40. The van der Waals surface area contributed by atoms with Gasteiger partial charge in [-0.05, 0) is 32.0 Å². The third kappa shape index (κ3) is 2.00. The summed E-state index contributed by atoms with van der Waals surface area (Å²) in [5, 5.41) is 0. The van der Waals surface area contributed by atoms with E-state index in [0.717, 1.165) is 0 Å². The maximum atomic E-state index is 13.8. The molecule has 82 valence electrons. The Balaban J connectivity index is 2.55. The summed E-state index contributed by atoms with van der Waals surface area (Å²) >= 11 is 3.18. The first-order chi connectivity index (χ1) is 6.80. The molecule has 1 aromatic rings. The highest BCUT2D eigenvalue weighted by atomic mass is 79.9. The fourth-order valence-corrected chi connectivity index (χ4v) is 2.20. The normalized spacial score (nSPS) is 21.7. The van der Waals surface area contributed by atoms with Gasteiger partial charge in [0.25, 0.3) is 5.92 Å². The van der Waals surface area contributed by atoms with Crippen LogP contribution in [-0.4, -0.2) is 5.60 Å². The summed E-state index contributed by atoms with van der Waals surface area (Å²) in [5.41, 5.74) is -0.846. The summed E-state index contributed by atoms with van der Waals surface area (Å²) < 4.78 is 33.7. The van der Waals surface area contributed by atoms with E-state index >= 15 is 0 Å². The van der Waals surface area contributed by atoms with Crippen LogP contribution in [0.3, 0.4) is 0 Å². The molecule has 0 bridgehead atoms. The third-order valence-corrected chi connectivity index (χ3v) is 2.86. The van der Waals surface area contributed by atoms with E-state index in [4.69, 9.17) is 4.74 Å². The monoisotopic (exact) mass is 276 g/mol. The quantitative estimate of drug-likeness (QED) is 0.693. The van der Waals surface area contributed by atoms with Crippen LogP contribution < -0.4 is 4.74 Å². The molecule has 0 amide bonds. The largest absolute Gasteiger partial charge is 0.487 e. The lowest BCUT2D eigenvalue weighted by molar-refractivity contribution is -0.0931. The number of halogens is 3. The van der Waals surface area contributed by atoms with Crippen molar-refractivity contribution >= 4 is 15.9 Å². The Kier molecular flexibility index (Phi) is 2.30. The summed E-state index contributed by atoms with van der Waals surface area (Å²) in [5.74, 6) is -2.54. The van der Waals surface area contributed by atoms with Gasteiger partial charge in [0.1, 0.15) is 11.4 Å². The molecule has 0 aromatic heterocycles. The standard InChI is InChI=1S/C11H11BrF2O/c1-10(2)6-11(13,14)8-5-7(12)3-4-9(8)15-10/h3-5H,6H2,1-2H3. The highest BCUT2D eigenvalue weighted by Crippen LogP contribution is 2.47. The smallest absolute Gasteiger partial charge is 0.280 e. The van der Waals surface area contributed by atoms with Crippen molar-refractivity contribution in [3.8, 4) is 5.75 Å². The molecule has 0 unspecified atom stereocenters. The molecule has 0 atom stereocenters. The minimum Gasteiger partial charge on any atom is -0.487 e. The predicted molar refractivity (Wildman–Crippen MR) is 57.4 cm³/mol. The van der Waals surface area contributed by atoms with Gasteiger partial charge in [-0.25, -0.2) is 8.78 Å². The summed E-state index contributed by atoms with van der Waals surface area (Å²) in [7, 11) is 0. The fraction of sp³-hybridized carbons (Fsp3) is 0.455. The number of hydrogen-bond acceptors (Lipinski definition) is 1. The Morgan fingerprint density at radius 3 is 2.67 bits per heavy atom. The van der Waals surface area contributed by atoms with Crippen LogP contribution in [0.4, 0.5) is 8.78 Å². The molecule has 1 aliphatic rings. The zero-order valence-corrected chi connectivity index (χ0v) is 10.1. The molecule has 0 saturated carbocycles. The van der Waals surface area contributed by atoms with Crippen LogP contribution in [0.25, 0.3) is 0 Å². The van der Waals surface area contributed by atoms with Gasteiger partial charge in [-0.3, -0.25) is 0 Å². The van der Waals surface area contributed by atoms with Gasteiger partial charge in [0.15, 0.2) is 0 Å². The van der Waals surface area contributed by atoms with Gasteiger partial charge in [-0.1, -0.05) is 15.9 Å². The second-order valence-electron chi connectivity index (χ2n) is 4.38. The lowest BCUT2D eigenvalue weighted by atomic mass is 9.91. The molecule has 0 spiro atoms. The van der Waals surface area contributed by atoms with Crippen LogP contribution in [0.15, 0.2) is 22.7 Å². The van der Waals surface area contributed by atoms with Crippen molar-refractivity contribution in [2.24, 2.45) is 0 Å². The van der Waals surface area contributed by atoms with Crippen molar-refractivity contribution in [1.29, 1.82) is 0 Å². The Hall–Kier alpha value is -0.640. The molecule has 1 aromatic carbocycles. The average Bonchev–Trinajstić information content (AvgIpc) is 2.03. The summed E-state index contributed by atoms with van der Waals surface area (Å²) in [6, 6.07) is 4.70. The van der Waals surface area contributed by atoms with Crippen molar-refractivity contribution < 1.29 is 13.5 Å². The van der Waals surface area contributed by atoms with Crippen molar-refractivity contribution in [3.05, 3.63) is 28.2 Å². The van der Waals surface area contributed by atoms with E-state index in [9.17, 15) is 8.78 Å². The number of alkyl halides is 2. The molecular formula is C11H11BrF2O. The number of rotatable bonds is 0. The first kappa shape index (κ1) is 10.9. The van der Waals surface area contributed by atoms with Crippen LogP contribution >= 0.6 is 15.9 Å². The molecule has 0 N–H and O–H groups in total. The molecule has 15 heavy (non-hydrogen) atoms. The molecule has 1 aliphatic heterocycles. The van der Waals surface area contributed by atoms with Gasteiger partial charge in [0.05, 0.1) is 12.0 Å². The first-order valence-corrected chi connectivity index (χ1v) is 5.46.